The molecule has 0 bridgehead atoms. The van der Waals surface area contributed by atoms with Crippen LogP contribution in [0.2, 0.25) is 0 Å². The Morgan fingerprint density at radius 3 is 2.58 bits per heavy atom. The van der Waals surface area contributed by atoms with Crippen molar-refractivity contribution in [3.63, 3.8) is 0 Å². The maximum Gasteiger partial charge on any atom is 0.0602 e. The smallest absolute Gasteiger partial charge is 0.0602 e. The Hall–Kier alpha value is -0.640. The van der Waals surface area contributed by atoms with Gasteiger partial charge in [0.1, 0.15) is 0 Å². The molecule has 3 saturated carbocycles. The molecule has 1 aliphatic heterocycles. The molecule has 0 aromatic rings. The molecule has 4 rings (SSSR count). The van der Waals surface area contributed by atoms with E-state index in [4.69, 9.17) is 0 Å². The second-order valence-electron chi connectivity index (χ2n) is 11.8. The van der Waals surface area contributed by atoms with Gasteiger partial charge in [0.25, 0.3) is 0 Å². The number of allylic oxidation sites excluding steroid dienone is 3. The van der Waals surface area contributed by atoms with Gasteiger partial charge < -0.3 is 15.1 Å². The number of fused-ring (bicyclic) bond motifs is 1. The fourth-order valence-corrected chi connectivity index (χ4v) is 7.81. The molecule has 1 saturated heterocycles. The molecule has 31 heavy (non-hydrogen) atoms. The van der Waals surface area contributed by atoms with Crippen molar-refractivity contribution >= 4 is 0 Å². The summed E-state index contributed by atoms with van der Waals surface area (Å²) in [5, 5.41) is 20.0. The van der Waals surface area contributed by atoms with Crippen LogP contribution in [-0.4, -0.2) is 46.5 Å². The third-order valence-corrected chi connectivity index (χ3v) is 9.61. The van der Waals surface area contributed by atoms with E-state index in [0.717, 1.165) is 36.6 Å². The van der Waals surface area contributed by atoms with E-state index < -0.39 is 0 Å². The van der Waals surface area contributed by atoms with E-state index in [1.165, 1.54) is 76.5 Å². The van der Waals surface area contributed by atoms with Crippen LogP contribution in [0.4, 0.5) is 0 Å². The molecule has 176 valence electrons. The molecule has 3 heteroatoms. The van der Waals surface area contributed by atoms with Crippen molar-refractivity contribution < 1.29 is 10.2 Å². The number of hydrogen-bond acceptors (Lipinski definition) is 3. The number of hydrogen-bond donors (Lipinski definition) is 2. The first kappa shape index (κ1) is 23.5. The quantitative estimate of drug-likeness (QED) is 0.575. The van der Waals surface area contributed by atoms with Crippen molar-refractivity contribution in [3.05, 3.63) is 23.3 Å². The van der Waals surface area contributed by atoms with E-state index >= 15 is 0 Å². The molecule has 0 aromatic heterocycles. The number of aliphatic hydroxyl groups is 2. The highest BCUT2D eigenvalue weighted by atomic mass is 16.3. The van der Waals surface area contributed by atoms with E-state index in [2.05, 4.69) is 37.8 Å². The van der Waals surface area contributed by atoms with Gasteiger partial charge in [-0.1, -0.05) is 43.6 Å². The maximum atomic E-state index is 10.0. The van der Waals surface area contributed by atoms with Gasteiger partial charge in [-0.3, -0.25) is 0 Å². The minimum Gasteiger partial charge on any atom is -0.393 e. The molecule has 1 heterocycles. The molecule has 0 radical (unpaired) electrons. The van der Waals surface area contributed by atoms with Crippen molar-refractivity contribution in [2.45, 2.75) is 116 Å². The summed E-state index contributed by atoms with van der Waals surface area (Å²) in [6.07, 6.45) is 18.1. The number of nitrogens with zero attached hydrogens (tertiary/aromatic N) is 1. The summed E-state index contributed by atoms with van der Waals surface area (Å²) in [5.41, 5.74) is 3.33. The third kappa shape index (κ3) is 5.31. The molecular formula is C28H47NO2. The predicted octanol–water partition coefficient (Wildman–Crippen LogP) is 5.86. The fraction of sp³-hybridized carbons (Fsp3) is 0.857. The zero-order valence-corrected chi connectivity index (χ0v) is 20.4. The molecule has 0 aromatic carbocycles. The lowest BCUT2D eigenvalue weighted by Gasteiger charge is -2.45. The van der Waals surface area contributed by atoms with Crippen LogP contribution in [0, 0.1) is 23.2 Å². The van der Waals surface area contributed by atoms with Crippen LogP contribution in [0.1, 0.15) is 97.8 Å². The first-order valence-electron chi connectivity index (χ1n) is 13.4. The molecule has 1 unspecified atom stereocenters. The number of piperidine rings is 1. The van der Waals surface area contributed by atoms with Crippen molar-refractivity contribution in [1.29, 1.82) is 0 Å². The standard InChI is InChI=1S/C28H47NO2/c1-20(13-16-29-15-5-4-7-21(29)2)26-11-12-27-23(8-6-14-28(26,27)3)10-9-22-17-24(30)19-25(31)18-22/h9-10,20-21,24-27,30-31H,4-8,11-19H2,1-3H3/b23-10+/t20?,21-,24+,25+,26+,27-,28+/m0/s1. The van der Waals surface area contributed by atoms with Crippen LogP contribution in [0.3, 0.4) is 0 Å². The first-order valence-corrected chi connectivity index (χ1v) is 13.4. The van der Waals surface area contributed by atoms with E-state index in [1.54, 1.807) is 5.57 Å². The van der Waals surface area contributed by atoms with Gasteiger partial charge in [0, 0.05) is 6.04 Å². The van der Waals surface area contributed by atoms with Gasteiger partial charge in [-0.25, -0.2) is 0 Å². The lowest BCUT2D eigenvalue weighted by Crippen LogP contribution is -2.40. The number of rotatable bonds is 5. The highest BCUT2D eigenvalue weighted by Gasteiger charge is 2.50. The minimum absolute atomic E-state index is 0.371. The summed E-state index contributed by atoms with van der Waals surface area (Å²) in [5.74, 6) is 2.40. The minimum atomic E-state index is -0.371. The molecule has 3 aliphatic carbocycles. The van der Waals surface area contributed by atoms with Gasteiger partial charge in [0.15, 0.2) is 0 Å². The second kappa shape index (κ2) is 10.1. The summed E-state index contributed by atoms with van der Waals surface area (Å²) in [7, 11) is 0. The topological polar surface area (TPSA) is 43.7 Å². The van der Waals surface area contributed by atoms with E-state index in [0.29, 0.717) is 11.8 Å². The Kier molecular flexibility index (Phi) is 7.66. The summed E-state index contributed by atoms with van der Waals surface area (Å²) < 4.78 is 0. The molecule has 4 aliphatic rings. The largest absolute Gasteiger partial charge is 0.393 e. The van der Waals surface area contributed by atoms with Gasteiger partial charge in [-0.05, 0) is 114 Å². The van der Waals surface area contributed by atoms with Gasteiger partial charge in [0.05, 0.1) is 12.2 Å². The predicted molar refractivity (Wildman–Crippen MR) is 129 cm³/mol. The zero-order chi connectivity index (χ0) is 22.0. The van der Waals surface area contributed by atoms with Crippen molar-refractivity contribution in [1.82, 2.24) is 4.90 Å². The Bertz CT molecular complexity index is 658. The Balaban J connectivity index is 1.40. The van der Waals surface area contributed by atoms with E-state index in [9.17, 15) is 10.2 Å². The average Bonchev–Trinajstić information content (AvgIpc) is 3.08. The molecule has 7 atom stereocenters. The molecule has 3 nitrogen and oxygen atoms in total. The summed E-state index contributed by atoms with van der Waals surface area (Å²) in [6.45, 7) is 10.2. The Labute approximate surface area is 191 Å². The van der Waals surface area contributed by atoms with Crippen molar-refractivity contribution in [3.8, 4) is 0 Å². The fourth-order valence-electron chi connectivity index (χ4n) is 7.81. The highest BCUT2D eigenvalue weighted by molar-refractivity contribution is 5.26. The second-order valence-corrected chi connectivity index (χ2v) is 11.8. The first-order chi connectivity index (χ1) is 14.9. The molecule has 0 amide bonds. The van der Waals surface area contributed by atoms with Crippen molar-refractivity contribution in [2.24, 2.45) is 23.2 Å². The molecular weight excluding hydrogens is 382 g/mol. The normalized spacial score (nSPS) is 41.9. The van der Waals surface area contributed by atoms with Crippen LogP contribution < -0.4 is 0 Å². The van der Waals surface area contributed by atoms with Crippen LogP contribution in [0.15, 0.2) is 23.3 Å². The maximum absolute atomic E-state index is 10.0. The SMILES string of the molecule is CC(CCN1CCCC[C@@H]1C)[C@H]1CC[C@H]2/C(=C/C=C3C[C@@H](O)C[C@H](O)C3)CCC[C@]12C. The lowest BCUT2D eigenvalue weighted by molar-refractivity contribution is 0.0609. The Morgan fingerprint density at radius 2 is 1.84 bits per heavy atom. The van der Waals surface area contributed by atoms with Crippen LogP contribution in [-0.2, 0) is 0 Å². The van der Waals surface area contributed by atoms with Gasteiger partial charge in [-0.2, -0.15) is 0 Å². The van der Waals surface area contributed by atoms with Gasteiger partial charge in [-0.15, -0.1) is 0 Å². The van der Waals surface area contributed by atoms with Crippen LogP contribution in [0.25, 0.3) is 0 Å². The third-order valence-electron chi connectivity index (χ3n) is 9.61. The zero-order valence-electron chi connectivity index (χ0n) is 20.4. The van der Waals surface area contributed by atoms with Gasteiger partial charge >= 0.3 is 0 Å². The number of likely N-dealkylation sites (tertiary alicyclic amines) is 1. The molecule has 2 N–H and O–H groups in total. The van der Waals surface area contributed by atoms with Crippen molar-refractivity contribution in [2.75, 3.05) is 13.1 Å². The highest BCUT2D eigenvalue weighted by Crippen LogP contribution is 2.59. The summed E-state index contributed by atoms with van der Waals surface area (Å²) in [4.78, 5) is 2.75. The van der Waals surface area contributed by atoms with E-state index in [-0.39, 0.29) is 12.2 Å². The van der Waals surface area contributed by atoms with Crippen LogP contribution in [0.5, 0.6) is 0 Å². The van der Waals surface area contributed by atoms with Crippen LogP contribution >= 0.6 is 0 Å². The monoisotopic (exact) mass is 429 g/mol. The molecule has 0 spiro atoms. The lowest BCUT2D eigenvalue weighted by atomic mass is 9.61. The Morgan fingerprint density at radius 1 is 1.06 bits per heavy atom. The summed E-state index contributed by atoms with van der Waals surface area (Å²) >= 11 is 0. The van der Waals surface area contributed by atoms with E-state index in [1.807, 2.05) is 0 Å². The summed E-state index contributed by atoms with van der Waals surface area (Å²) in [6, 6.07) is 0.780. The average molecular weight is 430 g/mol. The molecule has 4 fully saturated rings. The van der Waals surface area contributed by atoms with Gasteiger partial charge in [0.2, 0.25) is 0 Å². The number of aliphatic hydroxyl groups excluding tert-OH is 2.